The lowest BCUT2D eigenvalue weighted by molar-refractivity contribution is 0.0660. The summed E-state index contributed by atoms with van der Waals surface area (Å²) in [4.78, 5) is 22.1. The van der Waals surface area contributed by atoms with Gasteiger partial charge in [-0.05, 0) is 12.1 Å². The summed E-state index contributed by atoms with van der Waals surface area (Å²) in [7, 11) is 0. The highest BCUT2D eigenvalue weighted by Crippen LogP contribution is 2.20. The molecule has 0 fully saturated rings. The predicted molar refractivity (Wildman–Crippen MR) is 61.8 cm³/mol. The number of rotatable bonds is 2. The van der Waals surface area contributed by atoms with Crippen molar-refractivity contribution >= 4 is 11.7 Å². The van der Waals surface area contributed by atoms with Crippen molar-refractivity contribution < 1.29 is 14.3 Å². The van der Waals surface area contributed by atoms with Crippen molar-refractivity contribution in [1.29, 1.82) is 0 Å². The molecule has 1 aromatic heterocycles. The molecule has 2 rings (SSSR count). The molecule has 0 unspecified atom stereocenters. The molecule has 86 valence electrons. The first kappa shape index (κ1) is 10.9. The van der Waals surface area contributed by atoms with E-state index in [1.165, 1.54) is 6.07 Å². The van der Waals surface area contributed by atoms with Gasteiger partial charge in [-0.15, -0.1) is 0 Å². The Morgan fingerprint density at radius 1 is 1.24 bits per heavy atom. The van der Waals surface area contributed by atoms with Crippen LogP contribution < -0.4 is 11.2 Å². The Bertz CT molecular complexity index is 630. The van der Waals surface area contributed by atoms with Crippen molar-refractivity contribution in [2.75, 3.05) is 5.73 Å². The van der Waals surface area contributed by atoms with Gasteiger partial charge in [0.2, 0.25) is 5.76 Å². The fourth-order valence-corrected chi connectivity index (χ4v) is 1.42. The normalized spacial score (nSPS) is 10.1. The summed E-state index contributed by atoms with van der Waals surface area (Å²) in [6.07, 6.45) is 0. The van der Waals surface area contributed by atoms with Gasteiger partial charge in [-0.2, -0.15) is 0 Å². The summed E-state index contributed by atoms with van der Waals surface area (Å²) in [6, 6.07) is 8.81. The third kappa shape index (κ3) is 2.34. The van der Waals surface area contributed by atoms with Crippen molar-refractivity contribution in [2.24, 2.45) is 0 Å². The monoisotopic (exact) mass is 231 g/mol. The van der Waals surface area contributed by atoms with E-state index >= 15 is 0 Å². The summed E-state index contributed by atoms with van der Waals surface area (Å²) in [5, 5.41) is 8.78. The van der Waals surface area contributed by atoms with Crippen LogP contribution in [0.25, 0.3) is 11.3 Å². The van der Waals surface area contributed by atoms with Crippen molar-refractivity contribution in [3.05, 3.63) is 52.4 Å². The average molecular weight is 231 g/mol. The van der Waals surface area contributed by atoms with Crippen molar-refractivity contribution in [3.63, 3.8) is 0 Å². The lowest BCUT2D eigenvalue weighted by Gasteiger charge is -2.02. The number of aromatic carboxylic acids is 1. The van der Waals surface area contributed by atoms with E-state index in [0.717, 1.165) is 6.07 Å². The minimum absolute atomic E-state index is 0.183. The number of carboxylic acids is 1. The third-order valence-electron chi connectivity index (χ3n) is 2.15. The number of hydrogen-bond acceptors (Lipinski definition) is 4. The van der Waals surface area contributed by atoms with Crippen LogP contribution in [-0.4, -0.2) is 11.1 Å². The molecular formula is C12H9NO4. The van der Waals surface area contributed by atoms with Gasteiger partial charge in [-0.1, -0.05) is 12.1 Å². The number of carbonyl (C=O) groups is 1. The number of carboxylic acid groups (broad SMARTS) is 1. The van der Waals surface area contributed by atoms with E-state index in [4.69, 9.17) is 15.3 Å². The van der Waals surface area contributed by atoms with Gasteiger partial charge in [-0.25, -0.2) is 4.79 Å². The van der Waals surface area contributed by atoms with Crippen LogP contribution >= 0.6 is 0 Å². The largest absolute Gasteiger partial charge is 0.475 e. The van der Waals surface area contributed by atoms with Crippen LogP contribution in [-0.2, 0) is 0 Å². The maximum atomic E-state index is 11.3. The molecule has 0 aliphatic rings. The zero-order valence-electron chi connectivity index (χ0n) is 8.71. The molecule has 0 amide bonds. The van der Waals surface area contributed by atoms with E-state index in [1.807, 2.05) is 0 Å². The SMILES string of the molecule is Nc1cccc(-c2cc(=O)cc(C(=O)O)o2)c1. The Balaban J connectivity index is 2.60. The first-order chi connectivity index (χ1) is 8.06. The van der Waals surface area contributed by atoms with Gasteiger partial charge >= 0.3 is 5.97 Å². The van der Waals surface area contributed by atoms with Crippen molar-refractivity contribution in [3.8, 4) is 11.3 Å². The number of nitrogen functional groups attached to an aromatic ring is 1. The van der Waals surface area contributed by atoms with Crippen LogP contribution in [0.2, 0.25) is 0 Å². The second-order valence-electron chi connectivity index (χ2n) is 3.45. The topological polar surface area (TPSA) is 93.5 Å². The molecule has 0 bridgehead atoms. The lowest BCUT2D eigenvalue weighted by atomic mass is 10.1. The molecule has 0 aliphatic carbocycles. The van der Waals surface area contributed by atoms with E-state index in [-0.39, 0.29) is 5.76 Å². The van der Waals surface area contributed by atoms with E-state index in [1.54, 1.807) is 24.3 Å². The second kappa shape index (κ2) is 4.13. The molecule has 3 N–H and O–H groups in total. The number of hydrogen-bond donors (Lipinski definition) is 2. The molecule has 0 aliphatic heterocycles. The van der Waals surface area contributed by atoms with E-state index in [9.17, 15) is 9.59 Å². The Morgan fingerprint density at radius 2 is 2.00 bits per heavy atom. The molecule has 1 heterocycles. The summed E-state index contributed by atoms with van der Waals surface area (Å²) in [5.74, 6) is -1.50. The third-order valence-corrected chi connectivity index (χ3v) is 2.15. The molecule has 5 heteroatoms. The van der Waals surface area contributed by atoms with Gasteiger partial charge < -0.3 is 15.3 Å². The highest BCUT2D eigenvalue weighted by Gasteiger charge is 2.10. The summed E-state index contributed by atoms with van der Waals surface area (Å²) < 4.78 is 5.11. The van der Waals surface area contributed by atoms with Crippen LogP contribution in [0.5, 0.6) is 0 Å². The molecule has 0 radical (unpaired) electrons. The molecule has 1 aromatic carbocycles. The quantitative estimate of drug-likeness (QED) is 0.765. The van der Waals surface area contributed by atoms with Crippen LogP contribution in [0.15, 0.2) is 45.6 Å². The molecule has 2 aromatic rings. The van der Waals surface area contributed by atoms with Crippen LogP contribution in [0.1, 0.15) is 10.6 Å². The molecule has 17 heavy (non-hydrogen) atoms. The van der Waals surface area contributed by atoms with Gasteiger partial charge in [0, 0.05) is 23.4 Å². The van der Waals surface area contributed by atoms with E-state index in [2.05, 4.69) is 0 Å². The maximum Gasteiger partial charge on any atom is 0.371 e. The zero-order chi connectivity index (χ0) is 12.4. The highest BCUT2D eigenvalue weighted by atomic mass is 16.4. The predicted octanol–water partition coefficient (Wildman–Crippen LogP) is 1.59. The van der Waals surface area contributed by atoms with Crippen LogP contribution in [0.3, 0.4) is 0 Å². The Labute approximate surface area is 96.1 Å². The number of benzene rings is 1. The first-order valence-electron chi connectivity index (χ1n) is 4.80. The van der Waals surface area contributed by atoms with Crippen molar-refractivity contribution in [1.82, 2.24) is 0 Å². The minimum Gasteiger partial charge on any atom is -0.475 e. The standard InChI is InChI=1S/C12H9NO4/c13-8-3-1-2-7(4-8)10-5-9(14)6-11(17-10)12(15)16/h1-6H,13H2,(H,15,16). The van der Waals surface area contributed by atoms with Gasteiger partial charge in [-0.3, -0.25) is 4.79 Å². The Hall–Kier alpha value is -2.56. The van der Waals surface area contributed by atoms with Crippen molar-refractivity contribution in [2.45, 2.75) is 0 Å². The van der Waals surface area contributed by atoms with Crippen LogP contribution in [0.4, 0.5) is 5.69 Å². The summed E-state index contributed by atoms with van der Waals surface area (Å²) in [5.41, 5.74) is 6.24. The van der Waals surface area contributed by atoms with Gasteiger partial charge in [0.1, 0.15) is 5.76 Å². The average Bonchev–Trinajstić information content (AvgIpc) is 2.28. The fourth-order valence-electron chi connectivity index (χ4n) is 1.42. The van der Waals surface area contributed by atoms with E-state index < -0.39 is 17.2 Å². The number of anilines is 1. The minimum atomic E-state index is -1.28. The Morgan fingerprint density at radius 3 is 2.65 bits per heavy atom. The zero-order valence-corrected chi connectivity index (χ0v) is 8.71. The maximum absolute atomic E-state index is 11.3. The summed E-state index contributed by atoms with van der Waals surface area (Å²) >= 11 is 0. The number of nitrogens with two attached hydrogens (primary N) is 1. The molecule has 5 nitrogen and oxygen atoms in total. The molecule has 0 spiro atoms. The summed E-state index contributed by atoms with van der Waals surface area (Å²) in [6.45, 7) is 0. The smallest absolute Gasteiger partial charge is 0.371 e. The molecule has 0 saturated carbocycles. The molecule has 0 saturated heterocycles. The Kier molecular flexibility index (Phi) is 2.66. The van der Waals surface area contributed by atoms with Gasteiger partial charge in [0.15, 0.2) is 5.43 Å². The highest BCUT2D eigenvalue weighted by molar-refractivity contribution is 5.84. The molecule has 0 atom stereocenters. The van der Waals surface area contributed by atoms with Gasteiger partial charge in [0.05, 0.1) is 0 Å². The van der Waals surface area contributed by atoms with Crippen LogP contribution in [0, 0.1) is 0 Å². The first-order valence-corrected chi connectivity index (χ1v) is 4.80. The second-order valence-corrected chi connectivity index (χ2v) is 3.45. The van der Waals surface area contributed by atoms with E-state index in [0.29, 0.717) is 11.3 Å². The fraction of sp³-hybridized carbons (Fsp3) is 0. The van der Waals surface area contributed by atoms with Gasteiger partial charge in [0.25, 0.3) is 0 Å². The molecular weight excluding hydrogens is 222 g/mol. The lowest BCUT2D eigenvalue weighted by Crippen LogP contribution is -2.05.